The number of halogens is 2. The molecule has 0 amide bonds. The first-order chi connectivity index (χ1) is 10.9. The quantitative estimate of drug-likeness (QED) is 0.783. The Hall–Kier alpha value is -1.11. The maximum absolute atomic E-state index is 11.5. The van der Waals surface area contributed by atoms with Crippen molar-refractivity contribution >= 4 is 33.2 Å². The van der Waals surface area contributed by atoms with Crippen LogP contribution in [0.1, 0.15) is 16.7 Å². The Morgan fingerprint density at radius 3 is 1.96 bits per heavy atom. The summed E-state index contributed by atoms with van der Waals surface area (Å²) in [5.74, 6) is -0.0157. The topological polar surface area (TPSA) is 58.2 Å². The zero-order valence-electron chi connectivity index (χ0n) is 12.6. The molecule has 0 aliphatic heterocycles. The van der Waals surface area contributed by atoms with Crippen LogP contribution < -0.4 is 10.0 Å². The van der Waals surface area contributed by atoms with Gasteiger partial charge < -0.3 is 5.32 Å². The molecule has 2 rings (SSSR count). The fraction of sp³-hybridized carbons (Fsp3) is 0.250. The first-order valence-electron chi connectivity index (χ1n) is 7.03. The molecule has 0 fully saturated rings. The molecule has 0 spiro atoms. The molecular weight excluding hydrogens is 355 g/mol. The SMILES string of the molecule is CNS(=O)(=O)Cc1ccc(CNCc2cc(Cl)cc(Cl)c2)cc1. The minimum atomic E-state index is -3.24. The van der Waals surface area contributed by atoms with Crippen LogP contribution in [-0.4, -0.2) is 15.5 Å². The van der Waals surface area contributed by atoms with Crippen molar-refractivity contribution in [2.75, 3.05) is 7.05 Å². The third-order valence-electron chi connectivity index (χ3n) is 3.27. The maximum atomic E-state index is 11.5. The molecule has 0 unspecified atom stereocenters. The van der Waals surface area contributed by atoms with Crippen LogP contribution in [0.15, 0.2) is 42.5 Å². The second kappa shape index (κ2) is 8.13. The van der Waals surface area contributed by atoms with Crippen LogP contribution >= 0.6 is 23.2 Å². The van der Waals surface area contributed by atoms with E-state index in [4.69, 9.17) is 23.2 Å². The third kappa shape index (κ3) is 6.12. The average Bonchev–Trinajstić information content (AvgIpc) is 2.48. The van der Waals surface area contributed by atoms with E-state index in [9.17, 15) is 8.42 Å². The summed E-state index contributed by atoms with van der Waals surface area (Å²) in [6, 6.07) is 12.9. The smallest absolute Gasteiger partial charge is 0.215 e. The molecular formula is C16H18Cl2N2O2S. The lowest BCUT2D eigenvalue weighted by molar-refractivity contribution is 0.587. The molecule has 4 nitrogen and oxygen atoms in total. The lowest BCUT2D eigenvalue weighted by atomic mass is 10.1. The monoisotopic (exact) mass is 372 g/mol. The van der Waals surface area contributed by atoms with Gasteiger partial charge in [0.25, 0.3) is 0 Å². The van der Waals surface area contributed by atoms with Gasteiger partial charge in [-0.25, -0.2) is 13.1 Å². The summed E-state index contributed by atoms with van der Waals surface area (Å²) in [6.45, 7) is 1.32. The molecule has 0 aliphatic rings. The van der Waals surface area contributed by atoms with Crippen molar-refractivity contribution in [3.63, 3.8) is 0 Å². The predicted octanol–water partition coefficient (Wildman–Crippen LogP) is 3.33. The Balaban J connectivity index is 1.89. The summed E-state index contributed by atoms with van der Waals surface area (Å²) < 4.78 is 25.3. The fourth-order valence-corrected chi connectivity index (χ4v) is 3.46. The van der Waals surface area contributed by atoms with Gasteiger partial charge in [0.15, 0.2) is 0 Å². The second-order valence-corrected chi connectivity index (χ2v) is 7.96. The zero-order chi connectivity index (χ0) is 16.9. The molecule has 0 heterocycles. The average molecular weight is 373 g/mol. The highest BCUT2D eigenvalue weighted by Crippen LogP contribution is 2.19. The van der Waals surface area contributed by atoms with E-state index in [0.717, 1.165) is 16.7 Å². The van der Waals surface area contributed by atoms with Crippen LogP contribution in [-0.2, 0) is 28.9 Å². The van der Waals surface area contributed by atoms with Crippen molar-refractivity contribution in [2.24, 2.45) is 0 Å². The predicted molar refractivity (Wildman–Crippen MR) is 95.1 cm³/mol. The molecule has 0 radical (unpaired) electrons. The van der Waals surface area contributed by atoms with Crippen molar-refractivity contribution in [3.8, 4) is 0 Å². The lowest BCUT2D eigenvalue weighted by Gasteiger charge is -2.08. The van der Waals surface area contributed by atoms with E-state index in [1.54, 1.807) is 6.07 Å². The highest BCUT2D eigenvalue weighted by atomic mass is 35.5. The largest absolute Gasteiger partial charge is 0.309 e. The molecule has 124 valence electrons. The van der Waals surface area contributed by atoms with E-state index < -0.39 is 10.0 Å². The molecule has 0 saturated carbocycles. The molecule has 23 heavy (non-hydrogen) atoms. The van der Waals surface area contributed by atoms with Crippen molar-refractivity contribution in [2.45, 2.75) is 18.8 Å². The van der Waals surface area contributed by atoms with Crippen molar-refractivity contribution in [1.82, 2.24) is 10.0 Å². The van der Waals surface area contributed by atoms with Gasteiger partial charge in [-0.3, -0.25) is 0 Å². The molecule has 0 atom stereocenters. The fourth-order valence-electron chi connectivity index (χ4n) is 2.11. The molecule has 0 saturated heterocycles. The Labute approximate surface area is 146 Å². The van der Waals surface area contributed by atoms with Crippen LogP contribution in [0.25, 0.3) is 0 Å². The van der Waals surface area contributed by atoms with Crippen molar-refractivity contribution in [3.05, 3.63) is 69.2 Å². The summed E-state index contributed by atoms with van der Waals surface area (Å²) >= 11 is 11.9. The summed E-state index contributed by atoms with van der Waals surface area (Å²) in [5.41, 5.74) is 2.84. The van der Waals surface area contributed by atoms with Crippen LogP contribution in [0.5, 0.6) is 0 Å². The van der Waals surface area contributed by atoms with Gasteiger partial charge in [0.1, 0.15) is 0 Å². The Morgan fingerprint density at radius 2 is 1.39 bits per heavy atom. The normalized spacial score (nSPS) is 11.6. The molecule has 7 heteroatoms. The van der Waals surface area contributed by atoms with Gasteiger partial charge in [-0.2, -0.15) is 0 Å². The van der Waals surface area contributed by atoms with Gasteiger partial charge in [0, 0.05) is 23.1 Å². The molecule has 2 aromatic carbocycles. The number of sulfonamides is 1. The number of benzene rings is 2. The first kappa shape index (κ1) is 18.2. The van der Waals surface area contributed by atoms with E-state index in [2.05, 4.69) is 10.0 Å². The van der Waals surface area contributed by atoms with Gasteiger partial charge >= 0.3 is 0 Å². The minimum Gasteiger partial charge on any atom is -0.309 e. The van der Waals surface area contributed by atoms with Gasteiger partial charge in [0.2, 0.25) is 10.0 Å². The molecule has 2 N–H and O–H groups in total. The first-order valence-corrected chi connectivity index (χ1v) is 9.43. The van der Waals surface area contributed by atoms with E-state index in [0.29, 0.717) is 23.1 Å². The lowest BCUT2D eigenvalue weighted by Crippen LogP contribution is -2.20. The maximum Gasteiger partial charge on any atom is 0.215 e. The molecule has 2 aromatic rings. The third-order valence-corrected chi connectivity index (χ3v) is 5.04. The summed E-state index contributed by atoms with van der Waals surface area (Å²) in [7, 11) is -1.82. The van der Waals surface area contributed by atoms with Gasteiger partial charge in [0.05, 0.1) is 5.75 Å². The highest BCUT2D eigenvalue weighted by Gasteiger charge is 2.08. The van der Waals surface area contributed by atoms with Crippen LogP contribution in [0, 0.1) is 0 Å². The molecule has 0 aliphatic carbocycles. The van der Waals surface area contributed by atoms with Gasteiger partial charge in [-0.05, 0) is 41.9 Å². The van der Waals surface area contributed by atoms with E-state index in [1.165, 1.54) is 7.05 Å². The number of rotatable bonds is 7. The second-order valence-electron chi connectivity index (χ2n) is 5.16. The van der Waals surface area contributed by atoms with E-state index >= 15 is 0 Å². The van der Waals surface area contributed by atoms with Gasteiger partial charge in [-0.1, -0.05) is 47.5 Å². The summed E-state index contributed by atoms with van der Waals surface area (Å²) in [5, 5.41) is 4.53. The number of nitrogens with one attached hydrogen (secondary N) is 2. The zero-order valence-corrected chi connectivity index (χ0v) is 15.0. The van der Waals surface area contributed by atoms with Crippen LogP contribution in [0.4, 0.5) is 0 Å². The van der Waals surface area contributed by atoms with E-state index in [1.807, 2.05) is 36.4 Å². The standard InChI is InChI=1S/C16H18Cl2N2O2S/c1-19-23(21,22)11-13-4-2-12(3-5-13)9-20-10-14-6-15(17)8-16(18)7-14/h2-8,19-20H,9-11H2,1H3. The summed E-state index contributed by atoms with van der Waals surface area (Å²) in [6.07, 6.45) is 0. The minimum absolute atomic E-state index is 0.0157. The van der Waals surface area contributed by atoms with Crippen LogP contribution in [0.2, 0.25) is 10.0 Å². The Bertz CT molecular complexity index is 742. The number of hydrogen-bond acceptors (Lipinski definition) is 3. The molecule has 0 bridgehead atoms. The highest BCUT2D eigenvalue weighted by molar-refractivity contribution is 7.88. The van der Waals surface area contributed by atoms with Gasteiger partial charge in [-0.15, -0.1) is 0 Å². The number of hydrogen-bond donors (Lipinski definition) is 2. The van der Waals surface area contributed by atoms with E-state index in [-0.39, 0.29) is 5.75 Å². The van der Waals surface area contributed by atoms with Crippen LogP contribution in [0.3, 0.4) is 0 Å². The van der Waals surface area contributed by atoms with Crippen molar-refractivity contribution < 1.29 is 8.42 Å². The molecule has 0 aromatic heterocycles. The van der Waals surface area contributed by atoms with Crippen molar-refractivity contribution in [1.29, 1.82) is 0 Å². The Morgan fingerprint density at radius 1 is 0.870 bits per heavy atom. The summed E-state index contributed by atoms with van der Waals surface area (Å²) in [4.78, 5) is 0. The Kier molecular flexibility index (Phi) is 6.44.